The van der Waals surface area contributed by atoms with E-state index >= 15 is 0 Å². The molecule has 2 aromatic heterocycles. The van der Waals surface area contributed by atoms with Crippen molar-refractivity contribution in [1.29, 1.82) is 0 Å². The highest BCUT2D eigenvalue weighted by Gasteiger charge is 2.19. The Kier molecular flexibility index (Phi) is 5.40. The largest absolute Gasteiger partial charge is 0.497 e. The molecule has 0 radical (unpaired) electrons. The Bertz CT molecular complexity index is 957. The van der Waals surface area contributed by atoms with Crippen molar-refractivity contribution >= 4 is 22.4 Å². The van der Waals surface area contributed by atoms with Gasteiger partial charge in [0.2, 0.25) is 0 Å². The Morgan fingerprint density at radius 1 is 1.29 bits per heavy atom. The molecule has 3 heterocycles. The molecule has 0 spiro atoms. The number of nitrogens with one attached hydrogen (secondary N) is 2. The Morgan fingerprint density at radius 2 is 2.04 bits per heavy atom. The third-order valence-electron chi connectivity index (χ3n) is 4.92. The van der Waals surface area contributed by atoms with Gasteiger partial charge in [0.1, 0.15) is 5.75 Å². The lowest BCUT2D eigenvalue weighted by atomic mass is 9.97. The zero-order valence-electron chi connectivity index (χ0n) is 15.9. The van der Waals surface area contributed by atoms with E-state index in [1.54, 1.807) is 29.2 Å². The number of carbonyl (C=O) groups is 1. The van der Waals surface area contributed by atoms with Gasteiger partial charge in [-0.3, -0.25) is 10.1 Å². The predicted molar refractivity (Wildman–Crippen MR) is 110 cm³/mol. The van der Waals surface area contributed by atoms with Crippen LogP contribution in [0.5, 0.6) is 5.75 Å². The number of piperidine rings is 1. The van der Waals surface area contributed by atoms with Gasteiger partial charge in [-0.2, -0.15) is 5.10 Å². The SMILES string of the molecule is COc1ccc(-n2nc(C(=O)Nc3ncc(C4CCNCC4)s3)cc2C)cc1. The van der Waals surface area contributed by atoms with Gasteiger partial charge in [-0.25, -0.2) is 9.67 Å². The number of ether oxygens (including phenoxy) is 1. The lowest BCUT2D eigenvalue weighted by molar-refractivity contribution is 0.102. The van der Waals surface area contributed by atoms with Gasteiger partial charge in [-0.05, 0) is 69.1 Å². The van der Waals surface area contributed by atoms with Crippen LogP contribution in [0.1, 0.15) is 39.8 Å². The Hall–Kier alpha value is -2.71. The molecule has 1 amide bonds. The van der Waals surface area contributed by atoms with E-state index in [-0.39, 0.29) is 5.91 Å². The summed E-state index contributed by atoms with van der Waals surface area (Å²) in [6, 6.07) is 9.34. The van der Waals surface area contributed by atoms with E-state index in [2.05, 4.69) is 20.7 Å². The number of benzene rings is 1. The van der Waals surface area contributed by atoms with E-state index in [4.69, 9.17) is 4.74 Å². The predicted octanol–water partition coefficient (Wildman–Crippen LogP) is 3.37. The summed E-state index contributed by atoms with van der Waals surface area (Å²) < 4.78 is 6.93. The van der Waals surface area contributed by atoms with Crippen LogP contribution in [0.4, 0.5) is 5.13 Å². The van der Waals surface area contributed by atoms with E-state index in [1.165, 1.54) is 4.88 Å². The molecule has 28 heavy (non-hydrogen) atoms. The smallest absolute Gasteiger partial charge is 0.277 e. The number of rotatable bonds is 5. The molecule has 1 saturated heterocycles. The monoisotopic (exact) mass is 397 g/mol. The second-order valence-corrected chi connectivity index (χ2v) is 7.89. The Balaban J connectivity index is 1.47. The summed E-state index contributed by atoms with van der Waals surface area (Å²) in [5.74, 6) is 1.06. The average molecular weight is 398 g/mol. The minimum Gasteiger partial charge on any atom is -0.497 e. The van der Waals surface area contributed by atoms with Crippen molar-refractivity contribution in [3.63, 3.8) is 0 Å². The van der Waals surface area contributed by atoms with Crippen molar-refractivity contribution in [2.45, 2.75) is 25.7 Å². The highest BCUT2D eigenvalue weighted by atomic mass is 32.1. The lowest BCUT2D eigenvalue weighted by Crippen LogP contribution is -2.26. The van der Waals surface area contributed by atoms with E-state index in [9.17, 15) is 4.79 Å². The first-order valence-electron chi connectivity index (χ1n) is 9.33. The molecule has 8 heteroatoms. The number of amides is 1. The zero-order chi connectivity index (χ0) is 19.5. The van der Waals surface area contributed by atoms with Gasteiger partial charge in [0.25, 0.3) is 5.91 Å². The maximum atomic E-state index is 12.6. The maximum absolute atomic E-state index is 12.6. The average Bonchev–Trinajstić information content (AvgIpc) is 3.35. The van der Waals surface area contributed by atoms with Crippen LogP contribution in [-0.2, 0) is 0 Å². The Labute approximate surface area is 167 Å². The van der Waals surface area contributed by atoms with Crippen LogP contribution in [0.3, 0.4) is 0 Å². The summed E-state index contributed by atoms with van der Waals surface area (Å²) in [5, 5.41) is 11.3. The fourth-order valence-corrected chi connectivity index (χ4v) is 4.35. The summed E-state index contributed by atoms with van der Waals surface area (Å²) in [6.45, 7) is 3.99. The van der Waals surface area contributed by atoms with Crippen molar-refractivity contribution in [3.8, 4) is 11.4 Å². The van der Waals surface area contributed by atoms with Crippen LogP contribution in [-0.4, -0.2) is 40.9 Å². The molecule has 146 valence electrons. The van der Waals surface area contributed by atoms with Gasteiger partial charge in [0, 0.05) is 16.8 Å². The van der Waals surface area contributed by atoms with E-state index in [0.29, 0.717) is 16.7 Å². The zero-order valence-corrected chi connectivity index (χ0v) is 16.8. The summed E-state index contributed by atoms with van der Waals surface area (Å²) in [7, 11) is 1.63. The molecular weight excluding hydrogens is 374 g/mol. The number of nitrogens with zero attached hydrogens (tertiary/aromatic N) is 3. The highest BCUT2D eigenvalue weighted by molar-refractivity contribution is 7.15. The van der Waals surface area contributed by atoms with Crippen LogP contribution in [0, 0.1) is 6.92 Å². The van der Waals surface area contributed by atoms with E-state index in [1.807, 2.05) is 37.4 Å². The molecule has 7 nitrogen and oxygen atoms in total. The van der Waals surface area contributed by atoms with Gasteiger partial charge in [-0.1, -0.05) is 0 Å². The molecule has 0 bridgehead atoms. The molecular formula is C20H23N5O2S. The first-order valence-corrected chi connectivity index (χ1v) is 10.1. The van der Waals surface area contributed by atoms with Gasteiger partial charge < -0.3 is 10.1 Å². The Morgan fingerprint density at radius 3 is 2.75 bits per heavy atom. The fraction of sp³-hybridized carbons (Fsp3) is 0.350. The summed E-state index contributed by atoms with van der Waals surface area (Å²) in [4.78, 5) is 18.3. The van der Waals surface area contributed by atoms with Crippen LogP contribution in [0.15, 0.2) is 36.5 Å². The minimum absolute atomic E-state index is 0.249. The molecule has 2 N–H and O–H groups in total. The molecule has 0 aliphatic carbocycles. The van der Waals surface area contributed by atoms with Gasteiger partial charge in [0.05, 0.1) is 12.8 Å². The molecule has 0 atom stereocenters. The third-order valence-corrected chi connectivity index (χ3v) is 6.00. The lowest BCUT2D eigenvalue weighted by Gasteiger charge is -2.20. The molecule has 0 saturated carbocycles. The second kappa shape index (κ2) is 8.12. The number of methoxy groups -OCH3 is 1. The number of aromatic nitrogens is 3. The number of thiazole rings is 1. The third kappa shape index (κ3) is 3.93. The van der Waals surface area contributed by atoms with E-state index in [0.717, 1.165) is 43.1 Å². The van der Waals surface area contributed by atoms with Crippen LogP contribution in [0.25, 0.3) is 5.69 Å². The maximum Gasteiger partial charge on any atom is 0.277 e. The van der Waals surface area contributed by atoms with Crippen molar-refractivity contribution in [3.05, 3.63) is 52.8 Å². The normalized spacial score (nSPS) is 14.8. The van der Waals surface area contributed by atoms with Crippen molar-refractivity contribution in [1.82, 2.24) is 20.1 Å². The molecule has 1 fully saturated rings. The van der Waals surface area contributed by atoms with Gasteiger partial charge in [0.15, 0.2) is 10.8 Å². The first kappa shape index (κ1) is 18.6. The number of hydrogen-bond donors (Lipinski definition) is 2. The number of anilines is 1. The molecule has 3 aromatic rings. The summed E-state index contributed by atoms with van der Waals surface area (Å²) in [5.41, 5.74) is 2.12. The van der Waals surface area contributed by atoms with Crippen molar-refractivity contribution < 1.29 is 9.53 Å². The topological polar surface area (TPSA) is 81.1 Å². The minimum atomic E-state index is -0.249. The molecule has 1 aliphatic rings. The van der Waals surface area contributed by atoms with Crippen LogP contribution >= 0.6 is 11.3 Å². The van der Waals surface area contributed by atoms with Crippen molar-refractivity contribution in [2.24, 2.45) is 0 Å². The molecule has 4 rings (SSSR count). The van der Waals surface area contributed by atoms with Crippen LogP contribution < -0.4 is 15.4 Å². The van der Waals surface area contributed by atoms with Gasteiger partial charge in [-0.15, -0.1) is 11.3 Å². The quantitative estimate of drug-likeness (QED) is 0.690. The summed E-state index contributed by atoms with van der Waals surface area (Å²) >= 11 is 1.55. The second-order valence-electron chi connectivity index (χ2n) is 6.83. The standard InChI is InChI=1S/C20H23N5O2S/c1-13-11-17(24-25(13)15-3-5-16(27-2)6-4-15)19(26)23-20-22-12-18(28-20)14-7-9-21-10-8-14/h3-6,11-12,14,21H,7-10H2,1-2H3,(H,22,23,26). The molecule has 1 aromatic carbocycles. The molecule has 1 aliphatic heterocycles. The summed E-state index contributed by atoms with van der Waals surface area (Å²) in [6.07, 6.45) is 4.11. The highest BCUT2D eigenvalue weighted by Crippen LogP contribution is 2.31. The number of aryl methyl sites for hydroxylation is 1. The fourth-order valence-electron chi connectivity index (χ4n) is 3.37. The van der Waals surface area contributed by atoms with E-state index < -0.39 is 0 Å². The number of carbonyl (C=O) groups excluding carboxylic acids is 1. The van der Waals surface area contributed by atoms with Gasteiger partial charge >= 0.3 is 0 Å². The molecule has 0 unspecified atom stereocenters. The first-order chi connectivity index (χ1) is 13.6. The van der Waals surface area contributed by atoms with Crippen LogP contribution in [0.2, 0.25) is 0 Å². The number of hydrogen-bond acceptors (Lipinski definition) is 6. The van der Waals surface area contributed by atoms with Crippen molar-refractivity contribution in [2.75, 3.05) is 25.5 Å².